The fraction of sp³-hybridized carbons (Fsp3) is 0.444. The molecule has 6 nitrogen and oxygen atoms in total. The van der Waals surface area contributed by atoms with Crippen LogP contribution < -0.4 is 14.8 Å². The Bertz CT molecular complexity index is 779. The van der Waals surface area contributed by atoms with Crippen LogP contribution in [0.5, 0.6) is 11.5 Å². The monoisotopic (exact) mass is 328 g/mol. The number of benzene rings is 1. The van der Waals surface area contributed by atoms with Gasteiger partial charge in [0.1, 0.15) is 23.4 Å². The molecule has 1 aliphatic carbocycles. The number of carbonyl (C=O) groups is 1. The predicted octanol–water partition coefficient (Wildman–Crippen LogP) is 3.53. The number of carbonyl (C=O) groups excluding carboxylic acids is 1. The summed E-state index contributed by atoms with van der Waals surface area (Å²) in [5.41, 5.74) is 1.97. The summed E-state index contributed by atoms with van der Waals surface area (Å²) in [5.74, 6) is 2.34. The summed E-state index contributed by atoms with van der Waals surface area (Å²) in [6, 6.07) is 5.49. The van der Waals surface area contributed by atoms with E-state index in [0.717, 1.165) is 36.3 Å². The second-order valence-corrected chi connectivity index (χ2v) is 6.36. The zero-order valence-electron chi connectivity index (χ0n) is 13.8. The van der Waals surface area contributed by atoms with E-state index in [-0.39, 0.29) is 17.7 Å². The molecule has 1 atom stereocenters. The largest absolute Gasteiger partial charge is 0.492 e. The molecule has 1 aromatic carbocycles. The first-order valence-corrected chi connectivity index (χ1v) is 8.38. The Kier molecular flexibility index (Phi) is 3.67. The summed E-state index contributed by atoms with van der Waals surface area (Å²) in [5, 5.41) is 6.74. The van der Waals surface area contributed by atoms with Gasteiger partial charge in [0.25, 0.3) is 5.91 Å². The Labute approximate surface area is 140 Å². The van der Waals surface area contributed by atoms with E-state index >= 15 is 0 Å². The van der Waals surface area contributed by atoms with Crippen molar-refractivity contribution in [1.82, 2.24) is 5.16 Å². The van der Waals surface area contributed by atoms with Gasteiger partial charge in [0.2, 0.25) is 0 Å². The second-order valence-electron chi connectivity index (χ2n) is 6.36. The van der Waals surface area contributed by atoms with Gasteiger partial charge in [0.05, 0.1) is 12.3 Å². The van der Waals surface area contributed by atoms with Gasteiger partial charge < -0.3 is 19.3 Å². The van der Waals surface area contributed by atoms with Gasteiger partial charge in [0, 0.05) is 30.0 Å². The van der Waals surface area contributed by atoms with Crippen LogP contribution in [-0.2, 0) is 6.42 Å². The SMILES string of the molecule is CCOc1cc2c(cc1NC(=O)c1cc(C3CC3)on1)O[C@@H](C)C2. The van der Waals surface area contributed by atoms with Crippen molar-refractivity contribution in [3.63, 3.8) is 0 Å². The van der Waals surface area contributed by atoms with Crippen LogP contribution in [0.2, 0.25) is 0 Å². The summed E-state index contributed by atoms with van der Waals surface area (Å²) in [7, 11) is 0. The molecule has 126 valence electrons. The average molecular weight is 328 g/mol. The van der Waals surface area contributed by atoms with Crippen molar-refractivity contribution in [3.8, 4) is 11.5 Å². The van der Waals surface area contributed by atoms with E-state index in [4.69, 9.17) is 14.0 Å². The summed E-state index contributed by atoms with van der Waals surface area (Å²) >= 11 is 0. The maximum Gasteiger partial charge on any atom is 0.277 e. The van der Waals surface area contributed by atoms with Crippen molar-refractivity contribution in [3.05, 3.63) is 35.2 Å². The molecular formula is C18H20N2O4. The summed E-state index contributed by atoms with van der Waals surface area (Å²) in [6.45, 7) is 4.46. The molecule has 1 aliphatic heterocycles. The van der Waals surface area contributed by atoms with Gasteiger partial charge in [-0.1, -0.05) is 5.16 Å². The number of hydrogen-bond acceptors (Lipinski definition) is 5. The van der Waals surface area contributed by atoms with E-state index in [1.54, 1.807) is 6.07 Å². The third-order valence-electron chi connectivity index (χ3n) is 4.29. The molecule has 0 spiro atoms. The number of nitrogens with one attached hydrogen (secondary N) is 1. The summed E-state index contributed by atoms with van der Waals surface area (Å²) in [6.07, 6.45) is 3.19. The van der Waals surface area contributed by atoms with Gasteiger partial charge in [-0.2, -0.15) is 0 Å². The van der Waals surface area contributed by atoms with E-state index in [1.165, 1.54) is 0 Å². The Balaban J connectivity index is 1.58. The number of anilines is 1. The number of rotatable bonds is 5. The highest BCUT2D eigenvalue weighted by Crippen LogP contribution is 2.41. The zero-order chi connectivity index (χ0) is 16.7. The molecule has 1 amide bonds. The fourth-order valence-electron chi connectivity index (χ4n) is 2.95. The van der Waals surface area contributed by atoms with E-state index in [1.807, 2.05) is 26.0 Å². The standard InChI is InChI=1S/C18H20N2O4/c1-3-22-17-7-12-6-10(2)23-15(12)8-13(17)19-18(21)14-9-16(24-20-14)11-4-5-11/h7-11H,3-6H2,1-2H3,(H,19,21)/t10-/m0/s1. The second kappa shape index (κ2) is 5.85. The molecule has 1 aromatic heterocycles. The lowest BCUT2D eigenvalue weighted by Gasteiger charge is -2.12. The molecule has 6 heteroatoms. The Morgan fingerprint density at radius 2 is 2.21 bits per heavy atom. The molecule has 1 N–H and O–H groups in total. The fourth-order valence-corrected chi connectivity index (χ4v) is 2.95. The van der Waals surface area contributed by atoms with Crippen LogP contribution in [0.1, 0.15) is 54.4 Å². The quantitative estimate of drug-likeness (QED) is 0.909. The predicted molar refractivity (Wildman–Crippen MR) is 87.8 cm³/mol. The van der Waals surface area contributed by atoms with Gasteiger partial charge in [-0.05, 0) is 32.8 Å². The van der Waals surface area contributed by atoms with Crippen molar-refractivity contribution < 1.29 is 18.8 Å². The average Bonchev–Trinajstić information content (AvgIpc) is 3.16. The molecule has 0 bridgehead atoms. The lowest BCUT2D eigenvalue weighted by atomic mass is 10.1. The normalized spacial score (nSPS) is 18.8. The number of aromatic nitrogens is 1. The van der Waals surface area contributed by atoms with E-state index in [9.17, 15) is 4.79 Å². The molecule has 1 saturated carbocycles. The van der Waals surface area contributed by atoms with Crippen molar-refractivity contribution in [2.45, 2.75) is 45.1 Å². The lowest BCUT2D eigenvalue weighted by molar-refractivity contribution is 0.101. The van der Waals surface area contributed by atoms with E-state index in [0.29, 0.717) is 24.0 Å². The third kappa shape index (κ3) is 2.84. The summed E-state index contributed by atoms with van der Waals surface area (Å²) < 4.78 is 16.7. The first kappa shape index (κ1) is 15.1. The van der Waals surface area contributed by atoms with Crippen LogP contribution in [0, 0.1) is 0 Å². The molecule has 0 radical (unpaired) electrons. The third-order valence-corrected chi connectivity index (χ3v) is 4.29. The highest BCUT2D eigenvalue weighted by molar-refractivity contribution is 6.03. The van der Waals surface area contributed by atoms with Crippen molar-refractivity contribution >= 4 is 11.6 Å². The van der Waals surface area contributed by atoms with Gasteiger partial charge in [-0.3, -0.25) is 4.79 Å². The van der Waals surface area contributed by atoms with E-state index < -0.39 is 0 Å². The molecule has 4 rings (SSSR count). The van der Waals surface area contributed by atoms with Crippen molar-refractivity contribution in [1.29, 1.82) is 0 Å². The van der Waals surface area contributed by atoms with Gasteiger partial charge in [-0.15, -0.1) is 0 Å². The maximum absolute atomic E-state index is 12.5. The minimum atomic E-state index is -0.308. The van der Waals surface area contributed by atoms with Crippen LogP contribution in [0.4, 0.5) is 5.69 Å². The van der Waals surface area contributed by atoms with Crippen LogP contribution in [0.15, 0.2) is 22.7 Å². The highest BCUT2D eigenvalue weighted by atomic mass is 16.5. The minimum Gasteiger partial charge on any atom is -0.492 e. The molecular weight excluding hydrogens is 308 g/mol. The first-order valence-electron chi connectivity index (χ1n) is 8.38. The van der Waals surface area contributed by atoms with Crippen LogP contribution >= 0.6 is 0 Å². The van der Waals surface area contributed by atoms with Crippen molar-refractivity contribution in [2.75, 3.05) is 11.9 Å². The smallest absolute Gasteiger partial charge is 0.277 e. The topological polar surface area (TPSA) is 73.6 Å². The van der Waals surface area contributed by atoms with Gasteiger partial charge in [0.15, 0.2) is 5.69 Å². The maximum atomic E-state index is 12.5. The minimum absolute atomic E-state index is 0.136. The molecule has 2 aromatic rings. The number of fused-ring (bicyclic) bond motifs is 1. The van der Waals surface area contributed by atoms with E-state index in [2.05, 4.69) is 10.5 Å². The number of ether oxygens (including phenoxy) is 2. The Morgan fingerprint density at radius 3 is 2.96 bits per heavy atom. The van der Waals surface area contributed by atoms with Crippen LogP contribution in [-0.4, -0.2) is 23.8 Å². The molecule has 0 saturated heterocycles. The Hall–Kier alpha value is -2.50. The van der Waals surface area contributed by atoms with Gasteiger partial charge in [-0.25, -0.2) is 0 Å². The van der Waals surface area contributed by atoms with Crippen LogP contribution in [0.3, 0.4) is 0 Å². The number of hydrogen-bond donors (Lipinski definition) is 1. The van der Waals surface area contributed by atoms with Crippen molar-refractivity contribution in [2.24, 2.45) is 0 Å². The zero-order valence-corrected chi connectivity index (χ0v) is 13.8. The molecule has 1 fully saturated rings. The molecule has 0 unspecified atom stereocenters. The van der Waals surface area contributed by atoms with Gasteiger partial charge >= 0.3 is 0 Å². The first-order chi connectivity index (χ1) is 11.6. The Morgan fingerprint density at radius 1 is 1.38 bits per heavy atom. The van der Waals surface area contributed by atoms with Crippen LogP contribution in [0.25, 0.3) is 0 Å². The molecule has 2 heterocycles. The molecule has 2 aliphatic rings. The lowest BCUT2D eigenvalue weighted by Crippen LogP contribution is -2.13. The molecule has 24 heavy (non-hydrogen) atoms. The summed E-state index contributed by atoms with van der Waals surface area (Å²) in [4.78, 5) is 12.5. The number of nitrogens with zero attached hydrogens (tertiary/aromatic N) is 1. The number of amides is 1. The highest BCUT2D eigenvalue weighted by Gasteiger charge is 2.29.